The van der Waals surface area contributed by atoms with Crippen LogP contribution in [0.4, 0.5) is 0 Å². The van der Waals surface area contributed by atoms with Gasteiger partial charge in [0, 0.05) is 10.6 Å². The van der Waals surface area contributed by atoms with E-state index in [0.29, 0.717) is 6.04 Å². The number of unbranched alkanes of at least 4 members (excludes halogenated alkanes) is 4. The SMILES string of the molecule is C/C=C\C(c1ccc(Cl)cc1)[N+](CC)(CC)CCCCCCC. The van der Waals surface area contributed by atoms with Crippen LogP contribution in [0.25, 0.3) is 0 Å². The van der Waals surface area contributed by atoms with E-state index in [2.05, 4.69) is 52.0 Å². The minimum Gasteiger partial charge on any atom is -0.315 e. The van der Waals surface area contributed by atoms with Crippen LogP contribution < -0.4 is 0 Å². The predicted molar refractivity (Wildman–Crippen MR) is 104 cm³/mol. The second kappa shape index (κ2) is 10.9. The number of likely N-dealkylation sites (N-methyl/N-ethyl adjacent to an activating group) is 1. The van der Waals surface area contributed by atoms with Crippen molar-refractivity contribution in [2.75, 3.05) is 19.6 Å². The summed E-state index contributed by atoms with van der Waals surface area (Å²) in [6, 6.07) is 8.87. The van der Waals surface area contributed by atoms with Gasteiger partial charge >= 0.3 is 0 Å². The van der Waals surface area contributed by atoms with Gasteiger partial charge in [-0.1, -0.05) is 56.0 Å². The standard InChI is InChI=1S/C21H35ClN/c1-5-9-10-11-12-18-23(7-3,8-4)21(13-6-2)19-14-16-20(22)17-15-19/h6,13-17,21H,5,7-12,18H2,1-4H3/q+1/b13-6-. The van der Waals surface area contributed by atoms with E-state index in [1.54, 1.807) is 0 Å². The minimum absolute atomic E-state index is 0.429. The zero-order chi connectivity index (χ0) is 17.1. The van der Waals surface area contributed by atoms with E-state index < -0.39 is 0 Å². The summed E-state index contributed by atoms with van der Waals surface area (Å²) < 4.78 is 1.14. The summed E-state index contributed by atoms with van der Waals surface area (Å²) in [6.45, 7) is 12.7. The van der Waals surface area contributed by atoms with E-state index in [4.69, 9.17) is 11.6 Å². The molecule has 0 aliphatic rings. The van der Waals surface area contributed by atoms with Gasteiger partial charge in [-0.05, 0) is 51.8 Å². The number of quaternary nitrogens is 1. The smallest absolute Gasteiger partial charge is 0.133 e. The fraction of sp³-hybridized carbons (Fsp3) is 0.619. The van der Waals surface area contributed by atoms with Crippen LogP contribution >= 0.6 is 11.6 Å². The highest BCUT2D eigenvalue weighted by molar-refractivity contribution is 6.30. The molecular weight excluding hydrogens is 302 g/mol. The molecule has 0 N–H and O–H groups in total. The number of benzene rings is 1. The van der Waals surface area contributed by atoms with Crippen molar-refractivity contribution in [2.24, 2.45) is 0 Å². The molecule has 0 aromatic heterocycles. The van der Waals surface area contributed by atoms with E-state index >= 15 is 0 Å². The third-order valence-corrected chi connectivity index (χ3v) is 5.39. The van der Waals surface area contributed by atoms with Gasteiger partial charge < -0.3 is 4.48 Å². The van der Waals surface area contributed by atoms with Gasteiger partial charge in [0.15, 0.2) is 0 Å². The van der Waals surface area contributed by atoms with Crippen molar-refractivity contribution < 1.29 is 4.48 Å². The molecule has 1 nitrogen and oxygen atoms in total. The Bertz CT molecular complexity index is 445. The van der Waals surface area contributed by atoms with E-state index in [1.165, 1.54) is 57.3 Å². The molecule has 1 aromatic rings. The molecule has 1 unspecified atom stereocenters. The van der Waals surface area contributed by atoms with Gasteiger partial charge in [0.05, 0.1) is 19.6 Å². The lowest BCUT2D eigenvalue weighted by molar-refractivity contribution is -0.948. The highest BCUT2D eigenvalue weighted by Gasteiger charge is 2.32. The predicted octanol–water partition coefficient (Wildman–Crippen LogP) is 6.78. The zero-order valence-electron chi connectivity index (χ0n) is 15.5. The maximum absolute atomic E-state index is 6.08. The van der Waals surface area contributed by atoms with Crippen LogP contribution in [0.5, 0.6) is 0 Å². The molecule has 0 saturated heterocycles. The third-order valence-electron chi connectivity index (χ3n) is 5.14. The largest absolute Gasteiger partial charge is 0.315 e. The molecule has 130 valence electrons. The van der Waals surface area contributed by atoms with Crippen LogP contribution in [0, 0.1) is 0 Å². The molecule has 0 radical (unpaired) electrons. The van der Waals surface area contributed by atoms with Crippen molar-refractivity contribution in [1.82, 2.24) is 0 Å². The van der Waals surface area contributed by atoms with Crippen LogP contribution in [0.15, 0.2) is 36.4 Å². The average Bonchev–Trinajstić information content (AvgIpc) is 2.58. The fourth-order valence-corrected chi connectivity index (χ4v) is 3.68. The van der Waals surface area contributed by atoms with Gasteiger partial charge in [0.2, 0.25) is 0 Å². The summed E-state index contributed by atoms with van der Waals surface area (Å²) in [5.41, 5.74) is 1.38. The fourth-order valence-electron chi connectivity index (χ4n) is 3.55. The van der Waals surface area contributed by atoms with Crippen molar-refractivity contribution in [2.45, 2.75) is 65.8 Å². The number of halogens is 1. The van der Waals surface area contributed by atoms with Gasteiger partial charge in [0.25, 0.3) is 0 Å². The Kier molecular flexibility index (Phi) is 9.59. The molecule has 0 amide bonds. The molecule has 1 atom stereocenters. The first-order chi connectivity index (χ1) is 11.1. The Morgan fingerprint density at radius 2 is 1.57 bits per heavy atom. The van der Waals surface area contributed by atoms with E-state index in [-0.39, 0.29) is 0 Å². The summed E-state index contributed by atoms with van der Waals surface area (Å²) >= 11 is 6.08. The Labute approximate surface area is 148 Å². The monoisotopic (exact) mass is 336 g/mol. The quantitative estimate of drug-likeness (QED) is 0.237. The first-order valence-corrected chi connectivity index (χ1v) is 9.75. The van der Waals surface area contributed by atoms with Crippen molar-refractivity contribution in [3.05, 3.63) is 47.0 Å². The Balaban J connectivity index is 2.93. The lowest BCUT2D eigenvalue weighted by Crippen LogP contribution is -2.50. The Morgan fingerprint density at radius 1 is 0.957 bits per heavy atom. The van der Waals surface area contributed by atoms with Gasteiger partial charge in [-0.15, -0.1) is 0 Å². The number of hydrogen-bond donors (Lipinski definition) is 0. The molecule has 0 saturated carbocycles. The van der Waals surface area contributed by atoms with E-state index in [9.17, 15) is 0 Å². The highest BCUT2D eigenvalue weighted by Crippen LogP contribution is 2.31. The first kappa shape index (κ1) is 20.3. The summed E-state index contributed by atoms with van der Waals surface area (Å²) in [5, 5.41) is 0.818. The van der Waals surface area contributed by atoms with Crippen molar-refractivity contribution >= 4 is 11.6 Å². The maximum Gasteiger partial charge on any atom is 0.133 e. The number of allylic oxidation sites excluding steroid dienone is 1. The maximum atomic E-state index is 6.08. The lowest BCUT2D eigenvalue weighted by atomic mass is 10.00. The topological polar surface area (TPSA) is 0 Å². The van der Waals surface area contributed by atoms with Crippen LogP contribution in [-0.2, 0) is 0 Å². The van der Waals surface area contributed by atoms with E-state index in [1.807, 2.05) is 12.1 Å². The molecular formula is C21H35ClN+. The normalized spacial score (nSPS) is 13.6. The van der Waals surface area contributed by atoms with Crippen LogP contribution in [0.1, 0.15) is 71.4 Å². The van der Waals surface area contributed by atoms with Crippen LogP contribution in [0.2, 0.25) is 5.02 Å². The van der Waals surface area contributed by atoms with Gasteiger partial charge in [-0.25, -0.2) is 0 Å². The average molecular weight is 337 g/mol. The molecule has 0 fully saturated rings. The molecule has 0 aliphatic heterocycles. The van der Waals surface area contributed by atoms with E-state index in [0.717, 1.165) is 9.51 Å². The number of nitrogens with zero attached hydrogens (tertiary/aromatic N) is 1. The molecule has 2 heteroatoms. The van der Waals surface area contributed by atoms with Crippen LogP contribution in [-0.4, -0.2) is 24.1 Å². The lowest BCUT2D eigenvalue weighted by Gasteiger charge is -2.43. The Morgan fingerprint density at radius 3 is 2.09 bits per heavy atom. The van der Waals surface area contributed by atoms with Crippen molar-refractivity contribution in [3.8, 4) is 0 Å². The minimum atomic E-state index is 0.429. The second-order valence-corrected chi connectivity index (χ2v) is 6.95. The van der Waals surface area contributed by atoms with Crippen molar-refractivity contribution in [1.29, 1.82) is 0 Å². The highest BCUT2D eigenvalue weighted by atomic mass is 35.5. The number of rotatable bonds is 11. The number of hydrogen-bond acceptors (Lipinski definition) is 0. The Hall–Kier alpha value is -0.790. The molecule has 0 spiro atoms. The molecule has 0 heterocycles. The molecule has 1 rings (SSSR count). The summed E-state index contributed by atoms with van der Waals surface area (Å²) in [4.78, 5) is 0. The van der Waals surface area contributed by atoms with Gasteiger partial charge in [-0.2, -0.15) is 0 Å². The van der Waals surface area contributed by atoms with Crippen molar-refractivity contribution in [3.63, 3.8) is 0 Å². The summed E-state index contributed by atoms with van der Waals surface area (Å²) in [7, 11) is 0. The summed E-state index contributed by atoms with van der Waals surface area (Å²) in [5.74, 6) is 0. The van der Waals surface area contributed by atoms with Gasteiger partial charge in [-0.3, -0.25) is 0 Å². The zero-order valence-corrected chi connectivity index (χ0v) is 16.3. The van der Waals surface area contributed by atoms with Crippen LogP contribution in [0.3, 0.4) is 0 Å². The molecule has 1 aromatic carbocycles. The second-order valence-electron chi connectivity index (χ2n) is 6.51. The van der Waals surface area contributed by atoms with Gasteiger partial charge in [0.1, 0.15) is 6.04 Å². The first-order valence-electron chi connectivity index (χ1n) is 9.37. The molecule has 0 aliphatic carbocycles. The molecule has 23 heavy (non-hydrogen) atoms. The molecule has 0 bridgehead atoms. The summed E-state index contributed by atoms with van der Waals surface area (Å²) in [6.07, 6.45) is 11.3. The third kappa shape index (κ3) is 5.97.